The van der Waals surface area contributed by atoms with Gasteiger partial charge in [0.15, 0.2) is 0 Å². The summed E-state index contributed by atoms with van der Waals surface area (Å²) in [5, 5.41) is 2.44. The second-order valence-electron chi connectivity index (χ2n) is 4.44. The molecular weight excluding hydrogens is 514 g/mol. The van der Waals surface area contributed by atoms with Crippen LogP contribution in [0.4, 0.5) is 0 Å². The van der Waals surface area contributed by atoms with E-state index in [4.69, 9.17) is 8.37 Å². The van der Waals surface area contributed by atoms with Gasteiger partial charge in [-0.1, -0.05) is 0 Å². The third kappa shape index (κ3) is 7.45. The summed E-state index contributed by atoms with van der Waals surface area (Å²) in [4.78, 5) is 2.01. The molecule has 1 heterocycles. The fourth-order valence-corrected chi connectivity index (χ4v) is 16.3. The molecule has 0 amide bonds. The van der Waals surface area contributed by atoms with Crippen LogP contribution in [0.15, 0.2) is 0 Å². The summed E-state index contributed by atoms with van der Waals surface area (Å²) in [6, 6.07) is 0. The predicted molar refractivity (Wildman–Crippen MR) is 87.7 cm³/mol. The molecule has 0 radical (unpaired) electrons. The predicted octanol–water partition coefficient (Wildman–Crippen LogP) is 3.25. The summed E-state index contributed by atoms with van der Waals surface area (Å²) in [7, 11) is 0. The molecule has 0 aliphatic carbocycles. The molecule has 0 saturated carbocycles. The fourth-order valence-electron chi connectivity index (χ4n) is 1.62. The van der Waals surface area contributed by atoms with E-state index in [1.165, 1.54) is 17.1 Å². The van der Waals surface area contributed by atoms with Crippen molar-refractivity contribution in [3.05, 3.63) is 0 Å². The summed E-state index contributed by atoms with van der Waals surface area (Å²) < 4.78 is 13.3. The molecule has 0 aromatic rings. The van der Waals surface area contributed by atoms with E-state index < -0.39 is 0 Å². The average molecular weight is 536 g/mol. The van der Waals surface area contributed by atoms with Gasteiger partial charge in [-0.3, -0.25) is 0 Å². The zero-order chi connectivity index (χ0) is 13.4. The van der Waals surface area contributed by atoms with Gasteiger partial charge in [0.25, 0.3) is 0 Å². The summed E-state index contributed by atoms with van der Waals surface area (Å²) in [6.07, 6.45) is 2.13. The molecule has 1 aliphatic rings. The Balaban J connectivity index is 2.32. The van der Waals surface area contributed by atoms with Crippen LogP contribution in [0.2, 0.25) is 29.2 Å². The first-order valence-electron chi connectivity index (χ1n) is 6.08. The van der Waals surface area contributed by atoms with Gasteiger partial charge in [-0.15, -0.1) is 0 Å². The van der Waals surface area contributed by atoms with Gasteiger partial charge in [0, 0.05) is 0 Å². The molecule has 1 fully saturated rings. The third-order valence-corrected chi connectivity index (χ3v) is 15.8. The Morgan fingerprint density at radius 3 is 2.22 bits per heavy atom. The first-order valence-corrected chi connectivity index (χ1v) is 14.5. The van der Waals surface area contributed by atoms with Crippen LogP contribution >= 0.6 is 25.8 Å². The standard InChI is InChI=1S/C11H22O2S2Se2Te/c1-8(12-14)5-16-10-3-4-18-7-11(10)17-6-9(2)13-15/h8-11,14-15H,3-7H2,1-2H3. The fraction of sp³-hybridized carbons (Fsp3) is 1.00. The van der Waals surface area contributed by atoms with Gasteiger partial charge in [0.2, 0.25) is 0 Å². The molecule has 1 rings (SSSR count). The van der Waals surface area contributed by atoms with Crippen LogP contribution in [0.25, 0.3) is 0 Å². The van der Waals surface area contributed by atoms with Gasteiger partial charge in [0.05, 0.1) is 0 Å². The number of thiol groups is 2. The Morgan fingerprint density at radius 2 is 1.67 bits per heavy atom. The average Bonchev–Trinajstić information content (AvgIpc) is 2.42. The topological polar surface area (TPSA) is 18.5 Å². The van der Waals surface area contributed by atoms with E-state index in [-0.39, 0.29) is 0 Å². The van der Waals surface area contributed by atoms with Crippen LogP contribution < -0.4 is 0 Å². The van der Waals surface area contributed by atoms with Gasteiger partial charge < -0.3 is 0 Å². The van der Waals surface area contributed by atoms with Crippen molar-refractivity contribution in [1.82, 2.24) is 0 Å². The zero-order valence-electron chi connectivity index (χ0n) is 10.8. The monoisotopic (exact) mass is 540 g/mol. The molecule has 1 saturated heterocycles. The second-order valence-corrected chi connectivity index (χ2v) is 13.5. The third-order valence-electron chi connectivity index (χ3n) is 2.69. The van der Waals surface area contributed by atoms with E-state index in [9.17, 15) is 0 Å². The molecule has 4 atom stereocenters. The SMILES string of the molecule is CC(C[Se]C1CC[Te]CC1[Se]CC(C)OS)OS. The van der Waals surface area contributed by atoms with Crippen molar-refractivity contribution in [1.29, 1.82) is 0 Å². The van der Waals surface area contributed by atoms with Gasteiger partial charge in [-0.2, -0.15) is 0 Å². The van der Waals surface area contributed by atoms with Crippen LogP contribution in [-0.4, -0.2) is 63.0 Å². The molecule has 108 valence electrons. The Kier molecular flexibility index (Phi) is 11.4. The summed E-state index contributed by atoms with van der Waals surface area (Å²) in [5.74, 6) is 0. The Labute approximate surface area is 145 Å². The minimum absolute atomic E-state index is 0.319. The molecule has 0 spiro atoms. The van der Waals surface area contributed by atoms with Crippen LogP contribution in [0, 0.1) is 0 Å². The van der Waals surface area contributed by atoms with Crippen LogP contribution in [0.3, 0.4) is 0 Å². The first-order chi connectivity index (χ1) is 8.67. The molecule has 0 aromatic carbocycles. The van der Waals surface area contributed by atoms with Crippen molar-refractivity contribution in [2.45, 2.75) is 61.7 Å². The molecule has 7 heteroatoms. The number of rotatable bonds is 8. The van der Waals surface area contributed by atoms with Crippen molar-refractivity contribution in [2.75, 3.05) is 0 Å². The maximum absolute atomic E-state index is 5.09. The van der Waals surface area contributed by atoms with Crippen molar-refractivity contribution in [3.8, 4) is 0 Å². The molecule has 0 bridgehead atoms. The zero-order valence-corrected chi connectivity index (χ0v) is 18.3. The second kappa shape index (κ2) is 11.1. The van der Waals surface area contributed by atoms with E-state index in [1.807, 2.05) is 0 Å². The van der Waals surface area contributed by atoms with Crippen LogP contribution in [0.1, 0.15) is 20.3 Å². The van der Waals surface area contributed by atoms with Gasteiger partial charge in [0.1, 0.15) is 0 Å². The quantitative estimate of drug-likeness (QED) is 0.282. The van der Waals surface area contributed by atoms with Crippen molar-refractivity contribution < 1.29 is 8.37 Å². The van der Waals surface area contributed by atoms with E-state index in [0.717, 1.165) is 39.5 Å². The Morgan fingerprint density at radius 1 is 1.11 bits per heavy atom. The Hall–Kier alpha value is 2.45. The molecule has 0 N–H and O–H groups in total. The molecule has 4 unspecified atom stereocenters. The normalized spacial score (nSPS) is 28.0. The van der Waals surface area contributed by atoms with Crippen molar-refractivity contribution in [3.63, 3.8) is 0 Å². The maximum atomic E-state index is 5.09. The number of hydrogen-bond acceptors (Lipinski definition) is 4. The van der Waals surface area contributed by atoms with Crippen LogP contribution in [-0.2, 0) is 8.37 Å². The summed E-state index contributed by atoms with van der Waals surface area (Å²) in [5.41, 5.74) is 0. The van der Waals surface area contributed by atoms with Crippen molar-refractivity contribution >= 4 is 76.7 Å². The molecule has 1 aliphatic heterocycles. The van der Waals surface area contributed by atoms with Gasteiger partial charge in [-0.05, 0) is 0 Å². The van der Waals surface area contributed by atoms with E-state index in [1.54, 1.807) is 8.94 Å². The summed E-state index contributed by atoms with van der Waals surface area (Å²) in [6.45, 7) is 4.26. The first kappa shape index (κ1) is 18.5. The minimum atomic E-state index is 0.319. The summed E-state index contributed by atoms with van der Waals surface area (Å²) >= 11 is 9.63. The Bertz CT molecular complexity index is 205. The molecule has 2 nitrogen and oxygen atoms in total. The van der Waals surface area contributed by atoms with Crippen molar-refractivity contribution in [2.24, 2.45) is 0 Å². The molecule has 18 heavy (non-hydrogen) atoms. The molecular formula is C11H22O2S2Se2Te. The van der Waals surface area contributed by atoms with Crippen LogP contribution in [0.5, 0.6) is 0 Å². The number of hydrogen-bond donors (Lipinski definition) is 2. The van der Waals surface area contributed by atoms with E-state index in [2.05, 4.69) is 39.7 Å². The van der Waals surface area contributed by atoms with Gasteiger partial charge >= 0.3 is 147 Å². The van der Waals surface area contributed by atoms with E-state index >= 15 is 0 Å². The molecule has 0 aromatic heterocycles. The van der Waals surface area contributed by atoms with Gasteiger partial charge in [-0.25, -0.2) is 0 Å². The van der Waals surface area contributed by atoms with E-state index in [0.29, 0.717) is 33.1 Å².